The first-order valence-electron chi connectivity index (χ1n) is 9.71. The molecule has 7 heteroatoms. The molecule has 0 atom stereocenters. The topological polar surface area (TPSA) is 83.1 Å². The number of amides is 1. The Morgan fingerprint density at radius 2 is 2.14 bits per heavy atom. The summed E-state index contributed by atoms with van der Waals surface area (Å²) in [5.74, 6) is 0.728. The smallest absolute Gasteiger partial charge is 0.251 e. The Bertz CT molecular complexity index is 929. The highest BCUT2D eigenvalue weighted by molar-refractivity contribution is 5.95. The van der Waals surface area contributed by atoms with Crippen LogP contribution in [0.25, 0.3) is 22.6 Å². The van der Waals surface area contributed by atoms with E-state index in [0.29, 0.717) is 17.8 Å². The third-order valence-electron chi connectivity index (χ3n) is 5.04. The largest absolute Gasteiger partial charge is 0.379 e. The van der Waals surface area contributed by atoms with Gasteiger partial charge in [-0.2, -0.15) is 0 Å². The summed E-state index contributed by atoms with van der Waals surface area (Å²) >= 11 is 0. The van der Waals surface area contributed by atoms with Gasteiger partial charge in [-0.05, 0) is 49.7 Å². The van der Waals surface area contributed by atoms with Crippen LogP contribution in [0.3, 0.4) is 0 Å². The lowest BCUT2D eigenvalue weighted by Crippen LogP contribution is -2.38. The van der Waals surface area contributed by atoms with E-state index in [-0.39, 0.29) is 5.91 Å². The molecule has 28 heavy (non-hydrogen) atoms. The molecule has 1 saturated heterocycles. The van der Waals surface area contributed by atoms with Crippen LogP contribution in [-0.2, 0) is 4.74 Å². The van der Waals surface area contributed by atoms with E-state index >= 15 is 0 Å². The van der Waals surface area contributed by atoms with Crippen molar-refractivity contribution in [1.29, 1.82) is 0 Å². The Morgan fingerprint density at radius 3 is 2.93 bits per heavy atom. The molecule has 3 aromatic rings. The maximum atomic E-state index is 12.5. The number of aryl methyl sites for hydroxylation is 1. The standard InChI is InChI=1S/C21H25N5O2/c1-15-14-16(21(27)23-8-3-9-26-10-12-28-13-11-26)5-6-17(15)19-24-18-4-2-7-22-20(18)25-19/h2,4-7,14H,3,8-13H2,1H3,(H,23,27)(H,22,24,25). The van der Waals surface area contributed by atoms with Crippen molar-refractivity contribution in [3.8, 4) is 11.4 Å². The fraction of sp³-hybridized carbons (Fsp3) is 0.381. The van der Waals surface area contributed by atoms with Gasteiger partial charge in [0.15, 0.2) is 5.65 Å². The van der Waals surface area contributed by atoms with Crippen molar-refractivity contribution >= 4 is 17.1 Å². The number of H-pyrrole nitrogens is 1. The quantitative estimate of drug-likeness (QED) is 0.643. The zero-order chi connectivity index (χ0) is 19.3. The van der Waals surface area contributed by atoms with Crippen LogP contribution in [-0.4, -0.2) is 65.2 Å². The van der Waals surface area contributed by atoms with Crippen LogP contribution in [0.2, 0.25) is 0 Å². The third kappa shape index (κ3) is 4.21. The molecule has 1 aliphatic rings. The zero-order valence-corrected chi connectivity index (χ0v) is 16.1. The Labute approximate surface area is 164 Å². The summed E-state index contributed by atoms with van der Waals surface area (Å²) in [7, 11) is 0. The Kier molecular flexibility index (Phi) is 5.64. The van der Waals surface area contributed by atoms with E-state index in [0.717, 1.165) is 61.7 Å². The molecular weight excluding hydrogens is 354 g/mol. The number of hydrogen-bond acceptors (Lipinski definition) is 5. The van der Waals surface area contributed by atoms with E-state index in [4.69, 9.17) is 4.74 Å². The summed E-state index contributed by atoms with van der Waals surface area (Å²) < 4.78 is 5.35. The van der Waals surface area contributed by atoms with E-state index in [2.05, 4.69) is 25.2 Å². The molecule has 0 unspecified atom stereocenters. The number of aromatic amines is 1. The lowest BCUT2D eigenvalue weighted by molar-refractivity contribution is 0.0374. The minimum Gasteiger partial charge on any atom is -0.379 e. The van der Waals surface area contributed by atoms with Gasteiger partial charge in [0.05, 0.1) is 18.7 Å². The van der Waals surface area contributed by atoms with Crippen LogP contribution < -0.4 is 5.32 Å². The van der Waals surface area contributed by atoms with E-state index in [1.807, 2.05) is 37.3 Å². The van der Waals surface area contributed by atoms with Crippen LogP contribution in [0.15, 0.2) is 36.5 Å². The van der Waals surface area contributed by atoms with Crippen molar-refractivity contribution in [3.63, 3.8) is 0 Å². The lowest BCUT2D eigenvalue weighted by atomic mass is 10.0. The van der Waals surface area contributed by atoms with Gasteiger partial charge in [0.2, 0.25) is 0 Å². The molecule has 4 rings (SSSR count). The first kappa shape index (κ1) is 18.6. The number of carbonyl (C=O) groups excluding carboxylic acids is 1. The zero-order valence-electron chi connectivity index (χ0n) is 16.1. The number of pyridine rings is 1. The second-order valence-electron chi connectivity index (χ2n) is 7.05. The number of benzene rings is 1. The molecular formula is C21H25N5O2. The van der Waals surface area contributed by atoms with E-state index in [1.54, 1.807) is 6.20 Å². The Morgan fingerprint density at radius 1 is 1.29 bits per heavy atom. The second kappa shape index (κ2) is 8.50. The highest BCUT2D eigenvalue weighted by atomic mass is 16.5. The van der Waals surface area contributed by atoms with Gasteiger partial charge in [-0.15, -0.1) is 0 Å². The molecule has 0 spiro atoms. The maximum Gasteiger partial charge on any atom is 0.251 e. The Balaban J connectivity index is 1.36. The summed E-state index contributed by atoms with van der Waals surface area (Å²) in [6.45, 7) is 7.22. The van der Waals surface area contributed by atoms with Gasteiger partial charge in [-0.3, -0.25) is 9.69 Å². The van der Waals surface area contributed by atoms with Gasteiger partial charge in [0.1, 0.15) is 5.82 Å². The monoisotopic (exact) mass is 379 g/mol. The van der Waals surface area contributed by atoms with Gasteiger partial charge in [0.25, 0.3) is 5.91 Å². The molecule has 1 aliphatic heterocycles. The number of fused-ring (bicyclic) bond motifs is 1. The normalized spacial score (nSPS) is 15.0. The van der Waals surface area contributed by atoms with Crippen LogP contribution in [0.1, 0.15) is 22.3 Å². The number of aromatic nitrogens is 3. The predicted molar refractivity (Wildman–Crippen MR) is 108 cm³/mol. The molecule has 1 amide bonds. The Hall–Kier alpha value is -2.77. The van der Waals surface area contributed by atoms with Crippen LogP contribution in [0.4, 0.5) is 0 Å². The molecule has 146 valence electrons. The lowest BCUT2D eigenvalue weighted by Gasteiger charge is -2.26. The number of morpholine rings is 1. The van der Waals surface area contributed by atoms with Gasteiger partial charge in [-0.1, -0.05) is 6.07 Å². The first-order valence-corrected chi connectivity index (χ1v) is 9.71. The number of rotatable bonds is 6. The molecule has 7 nitrogen and oxygen atoms in total. The molecule has 2 aromatic heterocycles. The first-order chi connectivity index (χ1) is 13.7. The van der Waals surface area contributed by atoms with E-state index in [9.17, 15) is 4.79 Å². The number of carbonyl (C=O) groups is 1. The summed E-state index contributed by atoms with van der Waals surface area (Å²) in [5.41, 5.74) is 4.24. The van der Waals surface area contributed by atoms with E-state index < -0.39 is 0 Å². The van der Waals surface area contributed by atoms with Crippen LogP contribution in [0, 0.1) is 6.92 Å². The molecule has 2 N–H and O–H groups in total. The highest BCUT2D eigenvalue weighted by Crippen LogP contribution is 2.23. The molecule has 0 saturated carbocycles. The molecule has 0 bridgehead atoms. The number of nitrogens with one attached hydrogen (secondary N) is 2. The molecule has 1 aromatic carbocycles. The highest BCUT2D eigenvalue weighted by Gasteiger charge is 2.13. The average Bonchev–Trinajstić information content (AvgIpc) is 3.15. The maximum absolute atomic E-state index is 12.5. The molecule has 1 fully saturated rings. The van der Waals surface area contributed by atoms with Gasteiger partial charge in [0, 0.05) is 37.0 Å². The van der Waals surface area contributed by atoms with Gasteiger partial charge < -0.3 is 15.0 Å². The number of imidazole rings is 1. The minimum absolute atomic E-state index is 0.0390. The number of ether oxygens (including phenoxy) is 1. The fourth-order valence-electron chi connectivity index (χ4n) is 3.47. The van der Waals surface area contributed by atoms with Gasteiger partial charge >= 0.3 is 0 Å². The number of hydrogen-bond donors (Lipinski definition) is 2. The molecule has 0 radical (unpaired) electrons. The van der Waals surface area contributed by atoms with Crippen molar-refractivity contribution in [1.82, 2.24) is 25.2 Å². The second-order valence-corrected chi connectivity index (χ2v) is 7.05. The SMILES string of the molecule is Cc1cc(C(=O)NCCCN2CCOCC2)ccc1-c1nc2ncccc2[nH]1. The average molecular weight is 379 g/mol. The van der Waals surface area contributed by atoms with Crippen LogP contribution in [0.5, 0.6) is 0 Å². The number of nitrogens with zero attached hydrogens (tertiary/aromatic N) is 3. The fourth-order valence-corrected chi connectivity index (χ4v) is 3.47. The van der Waals surface area contributed by atoms with Crippen molar-refractivity contribution in [2.45, 2.75) is 13.3 Å². The molecule has 0 aliphatic carbocycles. The van der Waals surface area contributed by atoms with Crippen molar-refractivity contribution in [3.05, 3.63) is 47.7 Å². The summed E-state index contributed by atoms with van der Waals surface area (Å²) in [6.07, 6.45) is 2.67. The summed E-state index contributed by atoms with van der Waals surface area (Å²) in [5, 5.41) is 3.02. The summed E-state index contributed by atoms with van der Waals surface area (Å²) in [4.78, 5) is 26.9. The molecule has 3 heterocycles. The van der Waals surface area contributed by atoms with Crippen LogP contribution >= 0.6 is 0 Å². The third-order valence-corrected chi connectivity index (χ3v) is 5.04. The van der Waals surface area contributed by atoms with Gasteiger partial charge in [-0.25, -0.2) is 9.97 Å². The summed E-state index contributed by atoms with van der Waals surface area (Å²) in [6, 6.07) is 9.53. The predicted octanol–water partition coefficient (Wildman–Crippen LogP) is 2.39. The van der Waals surface area contributed by atoms with Crippen molar-refractivity contribution < 1.29 is 9.53 Å². The van der Waals surface area contributed by atoms with Crippen molar-refractivity contribution in [2.75, 3.05) is 39.4 Å². The van der Waals surface area contributed by atoms with Crippen molar-refractivity contribution in [2.24, 2.45) is 0 Å². The van der Waals surface area contributed by atoms with E-state index in [1.165, 1.54) is 0 Å². The minimum atomic E-state index is -0.0390.